The molecule has 0 aromatic heterocycles. The number of ether oxygens (including phenoxy) is 1. The topological polar surface area (TPSA) is 83.8 Å². The zero-order valence-electron chi connectivity index (χ0n) is 15.0. The maximum Gasteiger partial charge on any atom is 0.305 e. The number of phenols is 2. The summed E-state index contributed by atoms with van der Waals surface area (Å²) in [5, 5.41) is 20.9. The molecule has 0 fully saturated rings. The summed E-state index contributed by atoms with van der Waals surface area (Å²) >= 11 is 0. The first-order chi connectivity index (χ1) is 11.2. The SMILES string of the molecule is CCc1c(C)c(O)c(C/C=C(\C)CCC(=O)OC)c(O)c1C(C)=O. The van der Waals surface area contributed by atoms with Crippen molar-refractivity contribution in [1.82, 2.24) is 0 Å². The molecule has 0 unspecified atom stereocenters. The molecule has 0 heterocycles. The monoisotopic (exact) mass is 334 g/mol. The molecule has 0 saturated carbocycles. The summed E-state index contributed by atoms with van der Waals surface area (Å²) in [6.45, 7) is 6.91. The summed E-state index contributed by atoms with van der Waals surface area (Å²) in [6.07, 6.45) is 3.50. The van der Waals surface area contributed by atoms with Crippen LogP contribution in [0.1, 0.15) is 60.7 Å². The normalized spacial score (nSPS) is 11.5. The van der Waals surface area contributed by atoms with Gasteiger partial charge >= 0.3 is 5.97 Å². The lowest BCUT2D eigenvalue weighted by atomic mass is 9.90. The van der Waals surface area contributed by atoms with Gasteiger partial charge < -0.3 is 14.9 Å². The van der Waals surface area contributed by atoms with Crippen LogP contribution < -0.4 is 0 Å². The van der Waals surface area contributed by atoms with Gasteiger partial charge in [0.25, 0.3) is 0 Å². The van der Waals surface area contributed by atoms with E-state index in [0.29, 0.717) is 29.5 Å². The molecule has 1 aromatic carbocycles. The van der Waals surface area contributed by atoms with Crippen molar-refractivity contribution < 1.29 is 24.5 Å². The third-order valence-corrected chi connectivity index (χ3v) is 4.23. The Balaban J connectivity index is 3.16. The number of Topliss-reactive ketones (excluding diaryl/α,β-unsaturated/α-hetero) is 1. The predicted molar refractivity (Wildman–Crippen MR) is 92.6 cm³/mol. The third-order valence-electron chi connectivity index (χ3n) is 4.23. The molecule has 0 spiro atoms. The Morgan fingerprint density at radius 1 is 1.08 bits per heavy atom. The van der Waals surface area contributed by atoms with Gasteiger partial charge in [-0.1, -0.05) is 18.6 Å². The van der Waals surface area contributed by atoms with Crippen LogP contribution in [0.25, 0.3) is 0 Å². The zero-order valence-corrected chi connectivity index (χ0v) is 15.0. The first kappa shape index (κ1) is 19.7. The van der Waals surface area contributed by atoms with Crippen molar-refractivity contribution in [1.29, 1.82) is 0 Å². The second-order valence-corrected chi connectivity index (χ2v) is 5.89. The number of rotatable bonds is 7. The summed E-state index contributed by atoms with van der Waals surface area (Å²) in [5.74, 6) is -0.638. The highest BCUT2D eigenvalue weighted by Crippen LogP contribution is 2.38. The quantitative estimate of drug-likeness (QED) is 0.452. The molecule has 0 radical (unpaired) electrons. The van der Waals surface area contributed by atoms with Gasteiger partial charge in [0.15, 0.2) is 5.78 Å². The van der Waals surface area contributed by atoms with Crippen LogP contribution in [0.5, 0.6) is 11.5 Å². The standard InChI is InChI=1S/C19H26O5/c1-6-14-12(3)18(22)15(19(23)17(14)13(4)20)9-7-11(2)8-10-16(21)24-5/h7,22-23H,6,8-10H2,1-5H3/b11-7+. The smallest absolute Gasteiger partial charge is 0.305 e. The van der Waals surface area contributed by atoms with E-state index in [1.54, 1.807) is 6.92 Å². The lowest BCUT2D eigenvalue weighted by molar-refractivity contribution is -0.140. The van der Waals surface area contributed by atoms with Gasteiger partial charge in [-0.3, -0.25) is 9.59 Å². The van der Waals surface area contributed by atoms with Crippen molar-refractivity contribution in [3.8, 4) is 11.5 Å². The lowest BCUT2D eigenvalue weighted by Gasteiger charge is -2.17. The molecule has 0 bridgehead atoms. The van der Waals surface area contributed by atoms with Crippen molar-refractivity contribution >= 4 is 11.8 Å². The van der Waals surface area contributed by atoms with Gasteiger partial charge in [0, 0.05) is 12.0 Å². The fourth-order valence-corrected chi connectivity index (χ4v) is 2.76. The Bertz CT molecular complexity index is 671. The van der Waals surface area contributed by atoms with Gasteiger partial charge in [0.1, 0.15) is 11.5 Å². The maximum absolute atomic E-state index is 11.9. The van der Waals surface area contributed by atoms with E-state index in [4.69, 9.17) is 0 Å². The number of allylic oxidation sites excluding steroid dienone is 2. The lowest BCUT2D eigenvalue weighted by Crippen LogP contribution is -2.05. The number of hydrogen-bond acceptors (Lipinski definition) is 5. The number of carbonyl (C=O) groups is 2. The van der Waals surface area contributed by atoms with Crippen LogP contribution in [-0.4, -0.2) is 29.1 Å². The number of ketones is 1. The summed E-state index contributed by atoms with van der Waals surface area (Å²) in [4.78, 5) is 23.1. The summed E-state index contributed by atoms with van der Waals surface area (Å²) in [7, 11) is 1.35. The van der Waals surface area contributed by atoms with E-state index in [9.17, 15) is 19.8 Å². The number of esters is 1. The second-order valence-electron chi connectivity index (χ2n) is 5.89. The van der Waals surface area contributed by atoms with E-state index in [1.165, 1.54) is 14.0 Å². The van der Waals surface area contributed by atoms with Gasteiger partial charge in [-0.05, 0) is 51.2 Å². The molecule has 0 amide bonds. The van der Waals surface area contributed by atoms with Gasteiger partial charge in [0.2, 0.25) is 0 Å². The number of benzene rings is 1. The van der Waals surface area contributed by atoms with Crippen LogP contribution in [0, 0.1) is 6.92 Å². The summed E-state index contributed by atoms with van der Waals surface area (Å²) in [5.41, 5.74) is 2.86. The highest BCUT2D eigenvalue weighted by atomic mass is 16.5. The average Bonchev–Trinajstić information content (AvgIpc) is 2.54. The van der Waals surface area contributed by atoms with Gasteiger partial charge in [0.05, 0.1) is 12.7 Å². The van der Waals surface area contributed by atoms with Crippen molar-refractivity contribution in [3.63, 3.8) is 0 Å². The molecule has 24 heavy (non-hydrogen) atoms. The molecule has 132 valence electrons. The minimum Gasteiger partial charge on any atom is -0.507 e. The molecule has 1 rings (SSSR count). The molecular weight excluding hydrogens is 308 g/mol. The van der Waals surface area contributed by atoms with Crippen molar-refractivity contribution in [2.75, 3.05) is 7.11 Å². The Kier molecular flexibility index (Phi) is 7.01. The minimum atomic E-state index is -0.282. The van der Waals surface area contributed by atoms with E-state index in [0.717, 1.165) is 5.57 Å². The molecule has 0 aliphatic rings. The number of methoxy groups -OCH3 is 1. The predicted octanol–water partition coefficient (Wildman–Crippen LogP) is 3.61. The highest BCUT2D eigenvalue weighted by Gasteiger charge is 2.22. The average molecular weight is 334 g/mol. The number of phenolic OH excluding ortho intramolecular Hbond substituents is 2. The largest absolute Gasteiger partial charge is 0.507 e. The van der Waals surface area contributed by atoms with Crippen LogP contribution in [0.3, 0.4) is 0 Å². The molecule has 1 aromatic rings. The van der Waals surface area contributed by atoms with Crippen LogP contribution in [0.15, 0.2) is 11.6 Å². The van der Waals surface area contributed by atoms with E-state index < -0.39 is 0 Å². The molecule has 0 saturated heterocycles. The molecule has 5 heteroatoms. The fraction of sp³-hybridized carbons (Fsp3) is 0.474. The Hall–Kier alpha value is -2.30. The van der Waals surface area contributed by atoms with E-state index in [2.05, 4.69) is 4.74 Å². The molecule has 5 nitrogen and oxygen atoms in total. The summed E-state index contributed by atoms with van der Waals surface area (Å²) in [6, 6.07) is 0. The highest BCUT2D eigenvalue weighted by molar-refractivity contribution is 5.99. The zero-order chi connectivity index (χ0) is 18.4. The van der Waals surface area contributed by atoms with Crippen LogP contribution in [0.4, 0.5) is 0 Å². The van der Waals surface area contributed by atoms with Crippen LogP contribution >= 0.6 is 0 Å². The Morgan fingerprint density at radius 3 is 2.21 bits per heavy atom. The number of hydrogen-bond donors (Lipinski definition) is 2. The van der Waals surface area contributed by atoms with Crippen molar-refractivity contribution in [2.45, 2.75) is 53.4 Å². The first-order valence-electron chi connectivity index (χ1n) is 8.04. The molecule has 2 N–H and O–H groups in total. The summed E-state index contributed by atoms with van der Waals surface area (Å²) < 4.78 is 4.60. The second kappa shape index (κ2) is 8.52. The fourth-order valence-electron chi connectivity index (χ4n) is 2.76. The van der Waals surface area contributed by atoms with Crippen LogP contribution in [0.2, 0.25) is 0 Å². The van der Waals surface area contributed by atoms with E-state index in [1.807, 2.05) is 19.9 Å². The molecule has 0 atom stereocenters. The van der Waals surface area contributed by atoms with Crippen molar-refractivity contribution in [3.05, 3.63) is 33.9 Å². The number of carbonyl (C=O) groups excluding carboxylic acids is 2. The van der Waals surface area contributed by atoms with E-state index >= 15 is 0 Å². The first-order valence-corrected chi connectivity index (χ1v) is 8.04. The maximum atomic E-state index is 11.9. The van der Waals surface area contributed by atoms with Gasteiger partial charge in [-0.2, -0.15) is 0 Å². The minimum absolute atomic E-state index is 0.0198. The van der Waals surface area contributed by atoms with Gasteiger partial charge in [-0.25, -0.2) is 0 Å². The Morgan fingerprint density at radius 2 is 1.71 bits per heavy atom. The van der Waals surface area contributed by atoms with Gasteiger partial charge in [-0.15, -0.1) is 0 Å². The van der Waals surface area contributed by atoms with E-state index in [-0.39, 0.29) is 41.7 Å². The molecule has 0 aliphatic carbocycles. The molecular formula is C19H26O5. The molecule has 0 aliphatic heterocycles. The van der Waals surface area contributed by atoms with Crippen LogP contribution in [-0.2, 0) is 22.4 Å². The van der Waals surface area contributed by atoms with Crippen molar-refractivity contribution in [2.24, 2.45) is 0 Å². The third kappa shape index (κ3) is 4.37. The Labute approximate surface area is 143 Å². The number of aromatic hydroxyl groups is 2.